The molecule has 96 valence electrons. The van der Waals surface area contributed by atoms with Gasteiger partial charge in [-0.1, -0.05) is 39.0 Å². The SMILES string of the molecule is CCN(CCCC(C)C)Cc1ccccc1N. The van der Waals surface area contributed by atoms with Crippen LogP contribution in [0.3, 0.4) is 0 Å². The van der Waals surface area contributed by atoms with Gasteiger partial charge in [0.25, 0.3) is 0 Å². The van der Waals surface area contributed by atoms with Crippen LogP contribution in [0.15, 0.2) is 24.3 Å². The van der Waals surface area contributed by atoms with Crippen molar-refractivity contribution in [1.82, 2.24) is 4.90 Å². The maximum Gasteiger partial charge on any atom is 0.0359 e. The van der Waals surface area contributed by atoms with E-state index in [9.17, 15) is 0 Å². The van der Waals surface area contributed by atoms with Crippen LogP contribution in [-0.4, -0.2) is 18.0 Å². The van der Waals surface area contributed by atoms with Crippen LogP contribution < -0.4 is 5.73 Å². The predicted octanol–water partition coefficient (Wildman–Crippen LogP) is 3.53. The highest BCUT2D eigenvalue weighted by Crippen LogP contribution is 2.14. The van der Waals surface area contributed by atoms with Crippen molar-refractivity contribution in [2.75, 3.05) is 18.8 Å². The number of nitrogens with two attached hydrogens (primary N) is 1. The van der Waals surface area contributed by atoms with Gasteiger partial charge in [0.05, 0.1) is 0 Å². The fourth-order valence-corrected chi connectivity index (χ4v) is 1.99. The first-order chi connectivity index (χ1) is 8.13. The van der Waals surface area contributed by atoms with Gasteiger partial charge in [0.15, 0.2) is 0 Å². The number of nitrogen functional groups attached to an aromatic ring is 1. The van der Waals surface area contributed by atoms with Gasteiger partial charge in [-0.2, -0.15) is 0 Å². The summed E-state index contributed by atoms with van der Waals surface area (Å²) in [4.78, 5) is 2.47. The third-order valence-electron chi connectivity index (χ3n) is 3.15. The van der Waals surface area contributed by atoms with Gasteiger partial charge < -0.3 is 5.73 Å². The van der Waals surface area contributed by atoms with E-state index in [1.165, 1.54) is 24.9 Å². The minimum absolute atomic E-state index is 0.801. The minimum atomic E-state index is 0.801. The first-order valence-corrected chi connectivity index (χ1v) is 6.69. The maximum atomic E-state index is 5.97. The van der Waals surface area contributed by atoms with Crippen molar-refractivity contribution in [1.29, 1.82) is 0 Å². The highest BCUT2D eigenvalue weighted by molar-refractivity contribution is 5.46. The van der Waals surface area contributed by atoms with Gasteiger partial charge in [0.2, 0.25) is 0 Å². The van der Waals surface area contributed by atoms with E-state index in [1.807, 2.05) is 12.1 Å². The van der Waals surface area contributed by atoms with Gasteiger partial charge in [0, 0.05) is 12.2 Å². The number of nitrogens with zero attached hydrogens (tertiary/aromatic N) is 1. The molecular formula is C15H26N2. The number of anilines is 1. The van der Waals surface area contributed by atoms with Gasteiger partial charge in [-0.05, 0) is 43.5 Å². The van der Waals surface area contributed by atoms with Crippen molar-refractivity contribution in [3.63, 3.8) is 0 Å². The number of benzene rings is 1. The fourth-order valence-electron chi connectivity index (χ4n) is 1.99. The molecule has 0 aromatic heterocycles. The Morgan fingerprint density at radius 1 is 1.24 bits per heavy atom. The Bertz CT molecular complexity index is 320. The van der Waals surface area contributed by atoms with Crippen LogP contribution in [0, 0.1) is 5.92 Å². The molecular weight excluding hydrogens is 208 g/mol. The van der Waals surface area contributed by atoms with Crippen molar-refractivity contribution in [2.24, 2.45) is 5.92 Å². The quantitative estimate of drug-likeness (QED) is 0.731. The molecule has 0 unspecified atom stereocenters. The first-order valence-electron chi connectivity index (χ1n) is 6.69. The largest absolute Gasteiger partial charge is 0.398 e. The molecule has 0 amide bonds. The van der Waals surface area contributed by atoms with Gasteiger partial charge in [-0.3, -0.25) is 4.90 Å². The lowest BCUT2D eigenvalue weighted by molar-refractivity contribution is 0.269. The summed E-state index contributed by atoms with van der Waals surface area (Å²) in [6.45, 7) is 10.0. The standard InChI is InChI=1S/C15H26N2/c1-4-17(11-7-8-13(2)3)12-14-9-5-6-10-15(14)16/h5-6,9-10,13H,4,7-8,11-12,16H2,1-3H3. The number of rotatable bonds is 7. The van der Waals surface area contributed by atoms with Gasteiger partial charge in [-0.15, -0.1) is 0 Å². The molecule has 1 aromatic carbocycles. The zero-order valence-electron chi connectivity index (χ0n) is 11.4. The Hall–Kier alpha value is -1.02. The molecule has 0 fully saturated rings. The lowest BCUT2D eigenvalue weighted by Gasteiger charge is -2.21. The zero-order chi connectivity index (χ0) is 12.7. The summed E-state index contributed by atoms with van der Waals surface area (Å²) in [5.41, 5.74) is 8.13. The summed E-state index contributed by atoms with van der Waals surface area (Å²) < 4.78 is 0. The van der Waals surface area contributed by atoms with Crippen molar-refractivity contribution < 1.29 is 0 Å². The molecule has 0 spiro atoms. The molecule has 0 saturated heterocycles. The number of hydrogen-bond donors (Lipinski definition) is 1. The number of para-hydroxylation sites is 1. The Labute approximate surface area is 106 Å². The second-order valence-corrected chi connectivity index (χ2v) is 5.10. The second kappa shape index (κ2) is 7.33. The van der Waals surface area contributed by atoms with Crippen molar-refractivity contribution in [2.45, 2.75) is 40.2 Å². The third-order valence-corrected chi connectivity index (χ3v) is 3.15. The molecule has 0 heterocycles. The van der Waals surface area contributed by atoms with Crippen LogP contribution in [-0.2, 0) is 6.54 Å². The topological polar surface area (TPSA) is 29.3 Å². The summed E-state index contributed by atoms with van der Waals surface area (Å²) in [7, 11) is 0. The van der Waals surface area contributed by atoms with Crippen molar-refractivity contribution in [3.05, 3.63) is 29.8 Å². The Morgan fingerprint density at radius 2 is 1.94 bits per heavy atom. The van der Waals surface area contributed by atoms with Gasteiger partial charge >= 0.3 is 0 Å². The molecule has 1 aromatic rings. The van der Waals surface area contributed by atoms with E-state index in [2.05, 4.69) is 37.8 Å². The summed E-state index contributed by atoms with van der Waals surface area (Å²) in [6, 6.07) is 8.17. The molecule has 2 nitrogen and oxygen atoms in total. The molecule has 1 rings (SSSR count). The molecule has 0 atom stereocenters. The molecule has 0 bridgehead atoms. The van der Waals surface area contributed by atoms with E-state index in [-0.39, 0.29) is 0 Å². The van der Waals surface area contributed by atoms with E-state index in [4.69, 9.17) is 5.73 Å². The smallest absolute Gasteiger partial charge is 0.0359 e. The highest BCUT2D eigenvalue weighted by atomic mass is 15.1. The van der Waals surface area contributed by atoms with Crippen LogP contribution in [0.2, 0.25) is 0 Å². The zero-order valence-corrected chi connectivity index (χ0v) is 11.4. The Morgan fingerprint density at radius 3 is 2.53 bits per heavy atom. The van der Waals surface area contributed by atoms with E-state index in [0.29, 0.717) is 0 Å². The minimum Gasteiger partial charge on any atom is -0.398 e. The highest BCUT2D eigenvalue weighted by Gasteiger charge is 2.06. The normalized spacial score (nSPS) is 11.4. The third kappa shape index (κ3) is 5.22. The molecule has 2 N–H and O–H groups in total. The molecule has 0 aliphatic rings. The van der Waals surface area contributed by atoms with E-state index >= 15 is 0 Å². The monoisotopic (exact) mass is 234 g/mol. The van der Waals surface area contributed by atoms with E-state index in [0.717, 1.165) is 24.7 Å². The maximum absolute atomic E-state index is 5.97. The summed E-state index contributed by atoms with van der Waals surface area (Å²) in [5.74, 6) is 0.801. The average molecular weight is 234 g/mol. The van der Waals surface area contributed by atoms with Crippen LogP contribution in [0.4, 0.5) is 5.69 Å². The molecule has 2 heteroatoms. The molecule has 0 saturated carbocycles. The molecule has 17 heavy (non-hydrogen) atoms. The molecule has 0 radical (unpaired) electrons. The summed E-state index contributed by atoms with van der Waals surface area (Å²) in [5, 5.41) is 0. The van der Waals surface area contributed by atoms with Crippen LogP contribution in [0.1, 0.15) is 39.2 Å². The van der Waals surface area contributed by atoms with Gasteiger partial charge in [0.1, 0.15) is 0 Å². The van der Waals surface area contributed by atoms with E-state index < -0.39 is 0 Å². The van der Waals surface area contributed by atoms with Gasteiger partial charge in [-0.25, -0.2) is 0 Å². The Kier molecular flexibility index (Phi) is 6.06. The summed E-state index contributed by atoms with van der Waals surface area (Å²) in [6.07, 6.45) is 2.58. The van der Waals surface area contributed by atoms with E-state index in [1.54, 1.807) is 0 Å². The lowest BCUT2D eigenvalue weighted by atomic mass is 10.1. The van der Waals surface area contributed by atoms with Crippen LogP contribution in [0.25, 0.3) is 0 Å². The summed E-state index contributed by atoms with van der Waals surface area (Å²) >= 11 is 0. The second-order valence-electron chi connectivity index (χ2n) is 5.10. The molecule has 0 aliphatic carbocycles. The Balaban J connectivity index is 2.44. The fraction of sp³-hybridized carbons (Fsp3) is 0.600. The average Bonchev–Trinajstić information content (AvgIpc) is 2.30. The number of hydrogen-bond acceptors (Lipinski definition) is 2. The van der Waals surface area contributed by atoms with Crippen LogP contribution in [0.5, 0.6) is 0 Å². The van der Waals surface area contributed by atoms with Crippen LogP contribution >= 0.6 is 0 Å². The predicted molar refractivity (Wildman–Crippen MR) is 75.9 cm³/mol. The molecule has 0 aliphatic heterocycles. The van der Waals surface area contributed by atoms with Crippen molar-refractivity contribution >= 4 is 5.69 Å². The first kappa shape index (κ1) is 14.0. The van der Waals surface area contributed by atoms with Crippen molar-refractivity contribution in [3.8, 4) is 0 Å². The lowest BCUT2D eigenvalue weighted by Crippen LogP contribution is -2.24.